The van der Waals surface area contributed by atoms with Gasteiger partial charge in [0.1, 0.15) is 16.4 Å². The Balaban J connectivity index is 0.00000280. The molecule has 0 unspecified atom stereocenters. The number of nitrogens with one attached hydrogen (secondary N) is 2. The highest BCUT2D eigenvalue weighted by atomic mass is 35.5. The molecular weight excluding hydrogens is 400 g/mol. The quantitative estimate of drug-likeness (QED) is 0.739. The van der Waals surface area contributed by atoms with Crippen molar-refractivity contribution in [2.75, 3.05) is 24.2 Å². The van der Waals surface area contributed by atoms with E-state index in [1.807, 2.05) is 0 Å². The van der Waals surface area contributed by atoms with Crippen LogP contribution in [-0.2, 0) is 14.6 Å². The van der Waals surface area contributed by atoms with Crippen LogP contribution in [0, 0.1) is 5.92 Å². The van der Waals surface area contributed by atoms with E-state index in [4.69, 9.17) is 4.74 Å². The van der Waals surface area contributed by atoms with E-state index in [1.165, 1.54) is 0 Å². The molecule has 0 saturated carbocycles. The van der Waals surface area contributed by atoms with Gasteiger partial charge in [-0.15, -0.1) is 12.4 Å². The van der Waals surface area contributed by atoms with Crippen molar-refractivity contribution in [3.8, 4) is 11.5 Å². The lowest BCUT2D eigenvalue weighted by Crippen LogP contribution is -2.34. The number of rotatable bonds is 6. The summed E-state index contributed by atoms with van der Waals surface area (Å²) in [6.45, 7) is 3.34. The zero-order valence-electron chi connectivity index (χ0n) is 15.7. The van der Waals surface area contributed by atoms with Gasteiger partial charge < -0.3 is 15.4 Å². The van der Waals surface area contributed by atoms with Crippen molar-refractivity contribution in [1.29, 1.82) is 0 Å². The molecule has 0 radical (unpaired) electrons. The fraction of sp³-hybridized carbons (Fsp3) is 0.350. The molecule has 1 fully saturated rings. The second-order valence-corrected chi connectivity index (χ2v) is 8.74. The Labute approximate surface area is 172 Å². The van der Waals surface area contributed by atoms with Crippen LogP contribution in [0.4, 0.5) is 5.69 Å². The molecule has 28 heavy (non-hydrogen) atoms. The molecule has 2 aromatic rings. The molecule has 8 heteroatoms. The number of anilines is 1. The number of piperidine rings is 1. The second kappa shape index (κ2) is 9.91. The van der Waals surface area contributed by atoms with Crippen LogP contribution in [0.2, 0.25) is 0 Å². The number of ether oxygens (including phenoxy) is 1. The summed E-state index contributed by atoms with van der Waals surface area (Å²) < 4.78 is 30.2. The van der Waals surface area contributed by atoms with Crippen LogP contribution >= 0.6 is 12.4 Å². The van der Waals surface area contributed by atoms with E-state index in [0.717, 1.165) is 25.9 Å². The van der Waals surface area contributed by atoms with Gasteiger partial charge in [-0.25, -0.2) is 8.42 Å². The molecule has 1 amide bonds. The molecule has 3 rings (SSSR count). The third-order valence-electron chi connectivity index (χ3n) is 4.62. The average molecular weight is 425 g/mol. The van der Waals surface area contributed by atoms with E-state index in [1.54, 1.807) is 55.5 Å². The predicted octanol–water partition coefficient (Wildman–Crippen LogP) is 3.63. The minimum absolute atomic E-state index is 0. The van der Waals surface area contributed by atoms with Crippen molar-refractivity contribution in [2.24, 2.45) is 5.92 Å². The van der Waals surface area contributed by atoms with Crippen LogP contribution in [0.15, 0.2) is 53.4 Å². The second-order valence-electron chi connectivity index (χ2n) is 6.49. The summed E-state index contributed by atoms with van der Waals surface area (Å²) in [5.41, 5.74) is 0.695. The largest absolute Gasteiger partial charge is 0.456 e. The Morgan fingerprint density at radius 3 is 2.39 bits per heavy atom. The van der Waals surface area contributed by atoms with Crippen LogP contribution in [0.5, 0.6) is 11.5 Å². The van der Waals surface area contributed by atoms with Gasteiger partial charge in [0.25, 0.3) is 0 Å². The molecule has 0 aliphatic carbocycles. The van der Waals surface area contributed by atoms with E-state index in [9.17, 15) is 13.2 Å². The SMILES string of the molecule is CCS(=O)(=O)c1ccccc1Oc1ccc(NC(=O)C2CCNCC2)cc1.Cl. The van der Waals surface area contributed by atoms with Crippen molar-refractivity contribution < 1.29 is 17.9 Å². The van der Waals surface area contributed by atoms with Gasteiger partial charge in [-0.3, -0.25) is 4.79 Å². The Bertz CT molecular complexity index is 895. The fourth-order valence-electron chi connectivity index (χ4n) is 3.01. The zero-order chi connectivity index (χ0) is 19.3. The maximum atomic E-state index is 12.3. The number of amides is 1. The first kappa shape index (κ1) is 22.2. The van der Waals surface area contributed by atoms with Crippen LogP contribution in [0.3, 0.4) is 0 Å². The summed E-state index contributed by atoms with van der Waals surface area (Å²) in [6.07, 6.45) is 1.69. The lowest BCUT2D eigenvalue weighted by molar-refractivity contribution is -0.120. The number of carbonyl (C=O) groups excluding carboxylic acids is 1. The molecule has 0 bridgehead atoms. The first-order chi connectivity index (χ1) is 13.0. The van der Waals surface area contributed by atoms with Gasteiger partial charge in [0.05, 0.1) is 5.75 Å². The number of hydrogen-bond donors (Lipinski definition) is 2. The van der Waals surface area contributed by atoms with Crippen LogP contribution in [0.25, 0.3) is 0 Å². The van der Waals surface area contributed by atoms with Crippen LogP contribution in [-0.4, -0.2) is 33.2 Å². The van der Waals surface area contributed by atoms with Crippen molar-refractivity contribution in [3.63, 3.8) is 0 Å². The molecule has 1 aliphatic heterocycles. The maximum absolute atomic E-state index is 12.3. The van der Waals surface area contributed by atoms with Gasteiger partial charge in [0, 0.05) is 11.6 Å². The number of para-hydroxylation sites is 1. The first-order valence-corrected chi connectivity index (χ1v) is 10.8. The maximum Gasteiger partial charge on any atom is 0.227 e. The third kappa shape index (κ3) is 5.47. The number of sulfone groups is 1. The molecule has 1 aliphatic rings. The van der Waals surface area contributed by atoms with Gasteiger partial charge in [-0.1, -0.05) is 19.1 Å². The molecule has 6 nitrogen and oxygen atoms in total. The lowest BCUT2D eigenvalue weighted by Gasteiger charge is -2.21. The van der Waals surface area contributed by atoms with Crippen molar-refractivity contribution in [2.45, 2.75) is 24.7 Å². The standard InChI is InChI=1S/C20H24N2O4S.ClH/c1-2-27(24,25)19-6-4-3-5-18(19)26-17-9-7-16(8-10-17)22-20(23)15-11-13-21-14-12-15;/h3-10,15,21H,2,11-14H2,1H3,(H,22,23);1H. The molecule has 0 atom stereocenters. The summed E-state index contributed by atoms with van der Waals surface area (Å²) in [7, 11) is -3.37. The topological polar surface area (TPSA) is 84.5 Å². The fourth-order valence-corrected chi connectivity index (χ4v) is 4.02. The highest BCUT2D eigenvalue weighted by Gasteiger charge is 2.21. The van der Waals surface area contributed by atoms with Crippen LogP contribution < -0.4 is 15.4 Å². The molecule has 0 aromatic heterocycles. The van der Waals surface area contributed by atoms with Gasteiger partial charge in [0.2, 0.25) is 5.91 Å². The average Bonchev–Trinajstić information content (AvgIpc) is 2.70. The Hall–Kier alpha value is -2.09. The smallest absolute Gasteiger partial charge is 0.227 e. The van der Waals surface area contributed by atoms with E-state index < -0.39 is 9.84 Å². The monoisotopic (exact) mass is 424 g/mol. The van der Waals surface area contributed by atoms with E-state index in [0.29, 0.717) is 17.2 Å². The minimum atomic E-state index is -3.37. The van der Waals surface area contributed by atoms with Gasteiger partial charge >= 0.3 is 0 Å². The normalized spacial score (nSPS) is 14.8. The van der Waals surface area contributed by atoms with Crippen molar-refractivity contribution in [3.05, 3.63) is 48.5 Å². The zero-order valence-corrected chi connectivity index (χ0v) is 17.3. The summed E-state index contributed by atoms with van der Waals surface area (Å²) in [6, 6.07) is 13.5. The third-order valence-corrected chi connectivity index (χ3v) is 6.39. The van der Waals surface area contributed by atoms with Gasteiger partial charge in [-0.05, 0) is 62.3 Å². The summed E-state index contributed by atoms with van der Waals surface area (Å²) >= 11 is 0. The summed E-state index contributed by atoms with van der Waals surface area (Å²) in [4.78, 5) is 12.5. The van der Waals surface area contributed by atoms with E-state index in [-0.39, 0.29) is 34.9 Å². The number of benzene rings is 2. The van der Waals surface area contributed by atoms with Gasteiger partial charge in [-0.2, -0.15) is 0 Å². The molecule has 0 spiro atoms. The lowest BCUT2D eigenvalue weighted by atomic mass is 9.97. The highest BCUT2D eigenvalue weighted by Crippen LogP contribution is 2.30. The predicted molar refractivity (Wildman–Crippen MR) is 112 cm³/mol. The molecular formula is C20H25ClN2O4S. The first-order valence-electron chi connectivity index (χ1n) is 9.11. The highest BCUT2D eigenvalue weighted by molar-refractivity contribution is 7.91. The van der Waals surface area contributed by atoms with Gasteiger partial charge in [0.15, 0.2) is 9.84 Å². The number of halogens is 1. The minimum Gasteiger partial charge on any atom is -0.456 e. The van der Waals surface area contributed by atoms with Crippen LogP contribution in [0.1, 0.15) is 19.8 Å². The van der Waals surface area contributed by atoms with Crippen molar-refractivity contribution in [1.82, 2.24) is 5.32 Å². The molecule has 2 aromatic carbocycles. The number of hydrogen-bond acceptors (Lipinski definition) is 5. The van der Waals surface area contributed by atoms with Crippen molar-refractivity contribution >= 4 is 33.8 Å². The Kier molecular flexibility index (Phi) is 7.86. The summed E-state index contributed by atoms with van der Waals surface area (Å²) in [5, 5.41) is 6.17. The Morgan fingerprint density at radius 1 is 1.11 bits per heavy atom. The molecule has 2 N–H and O–H groups in total. The molecule has 1 saturated heterocycles. The van der Waals surface area contributed by atoms with E-state index >= 15 is 0 Å². The molecule has 1 heterocycles. The Morgan fingerprint density at radius 2 is 1.75 bits per heavy atom. The van der Waals surface area contributed by atoms with E-state index in [2.05, 4.69) is 10.6 Å². The molecule has 152 valence electrons. The summed E-state index contributed by atoms with van der Waals surface area (Å²) in [5.74, 6) is 0.881. The number of carbonyl (C=O) groups is 1.